The van der Waals surface area contributed by atoms with Crippen molar-refractivity contribution in [3.05, 3.63) is 40.4 Å². The molecule has 3 heterocycles. The minimum Gasteiger partial charge on any atom is -0.387 e. The highest BCUT2D eigenvalue weighted by molar-refractivity contribution is 6.34. The van der Waals surface area contributed by atoms with Crippen LogP contribution in [0.25, 0.3) is 0 Å². The van der Waals surface area contributed by atoms with Crippen LogP contribution in [0.3, 0.4) is 0 Å². The van der Waals surface area contributed by atoms with Crippen molar-refractivity contribution in [1.82, 2.24) is 24.9 Å². The lowest BCUT2D eigenvalue weighted by Crippen LogP contribution is -2.37. The van der Waals surface area contributed by atoms with E-state index in [2.05, 4.69) is 20.2 Å². The van der Waals surface area contributed by atoms with Gasteiger partial charge in [-0.3, -0.25) is 9.88 Å². The summed E-state index contributed by atoms with van der Waals surface area (Å²) in [7, 11) is 0. The molecule has 1 atom stereocenters. The smallest absolute Gasteiger partial charge is 0.0981 e. The molecule has 0 aliphatic carbocycles. The van der Waals surface area contributed by atoms with Crippen molar-refractivity contribution in [2.75, 3.05) is 13.1 Å². The Morgan fingerprint density at radius 2 is 2.24 bits per heavy atom. The third-order valence-electron chi connectivity index (χ3n) is 3.60. The van der Waals surface area contributed by atoms with Crippen molar-refractivity contribution in [2.45, 2.75) is 25.1 Å². The van der Waals surface area contributed by atoms with Gasteiger partial charge in [0.25, 0.3) is 0 Å². The molecule has 1 N–H and O–H groups in total. The number of halogens is 2. The molecule has 2 aromatic rings. The Morgan fingerprint density at radius 1 is 1.38 bits per heavy atom. The molecule has 112 valence electrons. The fourth-order valence-corrected chi connectivity index (χ4v) is 3.03. The molecule has 21 heavy (non-hydrogen) atoms. The van der Waals surface area contributed by atoms with Gasteiger partial charge in [-0.05, 0) is 12.5 Å². The standard InChI is InChI=1S/C13H15Cl2N5O/c14-10-5-11(15)12(16-6-10)7-19-3-1-13(21,8-19)9-20-4-2-17-18-20/h2,4-6,21H,1,3,7-9H2. The SMILES string of the molecule is OC1(Cn2ccnn2)CCN(Cc2ncc(Cl)cc2Cl)C1. The molecule has 3 rings (SSSR count). The van der Waals surface area contributed by atoms with Gasteiger partial charge < -0.3 is 5.11 Å². The number of aromatic nitrogens is 4. The average Bonchev–Trinajstić information content (AvgIpc) is 3.04. The summed E-state index contributed by atoms with van der Waals surface area (Å²) in [6.45, 7) is 2.36. The predicted molar refractivity (Wildman–Crippen MR) is 79.1 cm³/mol. The Balaban J connectivity index is 1.64. The third kappa shape index (κ3) is 3.52. The maximum absolute atomic E-state index is 10.6. The summed E-state index contributed by atoms with van der Waals surface area (Å²) in [6.07, 6.45) is 5.62. The number of β-amino-alcohol motifs (C(OH)–C–C–N with tert-alkyl or cyclic N) is 1. The van der Waals surface area contributed by atoms with E-state index in [4.69, 9.17) is 23.2 Å². The minimum absolute atomic E-state index is 0.436. The molecule has 1 aliphatic rings. The Morgan fingerprint density at radius 3 is 2.95 bits per heavy atom. The highest BCUT2D eigenvalue weighted by Gasteiger charge is 2.36. The zero-order chi connectivity index (χ0) is 14.9. The van der Waals surface area contributed by atoms with Crippen LogP contribution in [-0.4, -0.2) is 48.7 Å². The third-order valence-corrected chi connectivity index (χ3v) is 4.13. The first kappa shape index (κ1) is 14.7. The van der Waals surface area contributed by atoms with Crippen molar-refractivity contribution in [3.8, 4) is 0 Å². The van der Waals surface area contributed by atoms with E-state index in [1.807, 2.05) is 0 Å². The zero-order valence-electron chi connectivity index (χ0n) is 11.3. The second-order valence-electron chi connectivity index (χ2n) is 5.37. The molecule has 0 spiro atoms. The summed E-state index contributed by atoms with van der Waals surface area (Å²) in [5.41, 5.74) is -0.0295. The summed E-state index contributed by atoms with van der Waals surface area (Å²) in [4.78, 5) is 6.37. The summed E-state index contributed by atoms with van der Waals surface area (Å²) in [5.74, 6) is 0. The van der Waals surface area contributed by atoms with E-state index < -0.39 is 5.60 Å². The number of pyridine rings is 1. The fraction of sp³-hybridized carbons (Fsp3) is 0.462. The van der Waals surface area contributed by atoms with Crippen molar-refractivity contribution in [2.24, 2.45) is 0 Å². The number of hydrogen-bond donors (Lipinski definition) is 1. The quantitative estimate of drug-likeness (QED) is 0.924. The Bertz CT molecular complexity index is 621. The van der Waals surface area contributed by atoms with Crippen molar-refractivity contribution < 1.29 is 5.11 Å². The van der Waals surface area contributed by atoms with Gasteiger partial charge in [-0.25, -0.2) is 4.68 Å². The topological polar surface area (TPSA) is 67.1 Å². The molecule has 2 aromatic heterocycles. The van der Waals surface area contributed by atoms with Gasteiger partial charge in [-0.15, -0.1) is 5.10 Å². The second-order valence-corrected chi connectivity index (χ2v) is 6.21. The fourth-order valence-electron chi connectivity index (χ4n) is 2.59. The highest BCUT2D eigenvalue weighted by Crippen LogP contribution is 2.26. The van der Waals surface area contributed by atoms with Crippen LogP contribution in [0.15, 0.2) is 24.7 Å². The van der Waals surface area contributed by atoms with Gasteiger partial charge in [-0.1, -0.05) is 28.4 Å². The van der Waals surface area contributed by atoms with Gasteiger partial charge in [-0.2, -0.15) is 0 Å². The Hall–Kier alpha value is -1.21. The molecule has 6 nitrogen and oxygen atoms in total. The maximum atomic E-state index is 10.6. The van der Waals surface area contributed by atoms with E-state index in [9.17, 15) is 5.11 Å². The molecule has 0 radical (unpaired) electrons. The van der Waals surface area contributed by atoms with E-state index in [1.54, 1.807) is 29.3 Å². The van der Waals surface area contributed by atoms with Gasteiger partial charge in [0.05, 0.1) is 34.1 Å². The number of aliphatic hydroxyl groups is 1. The van der Waals surface area contributed by atoms with E-state index in [0.717, 1.165) is 12.2 Å². The molecule has 0 bridgehead atoms. The molecule has 1 unspecified atom stereocenters. The first-order chi connectivity index (χ1) is 10.0. The first-order valence-corrected chi connectivity index (χ1v) is 7.38. The number of rotatable bonds is 4. The van der Waals surface area contributed by atoms with Crippen LogP contribution in [0.1, 0.15) is 12.1 Å². The monoisotopic (exact) mass is 327 g/mol. The lowest BCUT2D eigenvalue weighted by atomic mass is 10.0. The average molecular weight is 328 g/mol. The highest BCUT2D eigenvalue weighted by atomic mass is 35.5. The zero-order valence-corrected chi connectivity index (χ0v) is 12.8. The van der Waals surface area contributed by atoms with Gasteiger partial charge in [0.15, 0.2) is 0 Å². The largest absolute Gasteiger partial charge is 0.387 e. The van der Waals surface area contributed by atoms with Crippen molar-refractivity contribution in [3.63, 3.8) is 0 Å². The van der Waals surface area contributed by atoms with Gasteiger partial charge >= 0.3 is 0 Å². The lowest BCUT2D eigenvalue weighted by Gasteiger charge is -2.23. The van der Waals surface area contributed by atoms with Crippen molar-refractivity contribution in [1.29, 1.82) is 0 Å². The maximum Gasteiger partial charge on any atom is 0.0981 e. The predicted octanol–water partition coefficient (Wildman–Crippen LogP) is 1.62. The molecule has 0 aromatic carbocycles. The number of hydrogen-bond acceptors (Lipinski definition) is 5. The summed E-state index contributed by atoms with van der Waals surface area (Å²) < 4.78 is 1.65. The van der Waals surface area contributed by atoms with E-state index >= 15 is 0 Å². The van der Waals surface area contributed by atoms with Gasteiger partial charge in [0.1, 0.15) is 0 Å². The van der Waals surface area contributed by atoms with Gasteiger partial charge in [0, 0.05) is 32.0 Å². The molecule has 1 aliphatic heterocycles. The summed E-state index contributed by atoms with van der Waals surface area (Å²) in [6, 6.07) is 1.68. The van der Waals surface area contributed by atoms with Crippen LogP contribution in [-0.2, 0) is 13.1 Å². The number of nitrogens with zero attached hydrogens (tertiary/aromatic N) is 5. The Labute approximate surface area is 132 Å². The lowest BCUT2D eigenvalue weighted by molar-refractivity contribution is 0.0273. The van der Waals surface area contributed by atoms with E-state index in [-0.39, 0.29) is 0 Å². The molecule has 1 fully saturated rings. The van der Waals surface area contributed by atoms with Crippen molar-refractivity contribution >= 4 is 23.2 Å². The molecular formula is C13H15Cl2N5O. The van der Waals surface area contributed by atoms with Crippen LogP contribution in [0, 0.1) is 0 Å². The minimum atomic E-state index is -0.799. The molecule has 0 saturated carbocycles. The normalized spacial score (nSPS) is 22.8. The summed E-state index contributed by atoms with van der Waals surface area (Å²) >= 11 is 12.0. The second kappa shape index (κ2) is 5.88. The van der Waals surface area contributed by atoms with Crippen LogP contribution >= 0.6 is 23.2 Å². The number of likely N-dealkylation sites (tertiary alicyclic amines) is 1. The first-order valence-electron chi connectivity index (χ1n) is 6.63. The van der Waals surface area contributed by atoms with Crippen LogP contribution in [0.4, 0.5) is 0 Å². The van der Waals surface area contributed by atoms with Crippen LogP contribution < -0.4 is 0 Å². The van der Waals surface area contributed by atoms with Gasteiger partial charge in [0.2, 0.25) is 0 Å². The van der Waals surface area contributed by atoms with E-state index in [0.29, 0.717) is 36.1 Å². The Kier molecular flexibility index (Phi) is 4.12. The van der Waals surface area contributed by atoms with E-state index in [1.165, 1.54) is 0 Å². The molecule has 0 amide bonds. The molecule has 1 saturated heterocycles. The summed E-state index contributed by atoms with van der Waals surface area (Å²) in [5, 5.41) is 19.3. The van der Waals surface area contributed by atoms with Crippen LogP contribution in [0.5, 0.6) is 0 Å². The molecular weight excluding hydrogens is 313 g/mol. The van der Waals surface area contributed by atoms with Crippen LogP contribution in [0.2, 0.25) is 10.0 Å². The molecule has 8 heteroatoms.